The lowest BCUT2D eigenvalue weighted by Crippen LogP contribution is -2.39. The van der Waals surface area contributed by atoms with Gasteiger partial charge in [0.25, 0.3) is 0 Å². The van der Waals surface area contributed by atoms with E-state index in [1.165, 1.54) is 0 Å². The lowest BCUT2D eigenvalue weighted by Gasteiger charge is -2.21. The van der Waals surface area contributed by atoms with Crippen molar-refractivity contribution in [1.29, 1.82) is 0 Å². The van der Waals surface area contributed by atoms with Crippen LogP contribution in [0.1, 0.15) is 32.4 Å². The van der Waals surface area contributed by atoms with Crippen LogP contribution < -0.4 is 5.32 Å². The van der Waals surface area contributed by atoms with Gasteiger partial charge in [-0.25, -0.2) is 0 Å². The van der Waals surface area contributed by atoms with E-state index < -0.39 is 6.10 Å². The highest BCUT2D eigenvalue weighted by Gasteiger charge is 2.19. The molecule has 0 saturated heterocycles. The first kappa shape index (κ1) is 14.0. The Morgan fingerprint density at radius 1 is 1.24 bits per heavy atom. The van der Waals surface area contributed by atoms with Gasteiger partial charge in [-0.3, -0.25) is 4.79 Å². The summed E-state index contributed by atoms with van der Waals surface area (Å²) in [6.07, 6.45) is -0.727. The van der Waals surface area contributed by atoms with Gasteiger partial charge >= 0.3 is 0 Å². The number of rotatable bonds is 4. The number of hydrogen-bond donors (Lipinski definition) is 2. The number of benzene rings is 1. The molecule has 4 heteroatoms. The molecule has 0 aliphatic heterocycles. The minimum atomic E-state index is -0.727. The molecule has 0 spiro atoms. The normalized spacial score (nSPS) is 14.5. The highest BCUT2D eigenvalue weighted by atomic mass is 35.5. The van der Waals surface area contributed by atoms with Gasteiger partial charge in [-0.1, -0.05) is 37.6 Å². The third-order valence-corrected chi connectivity index (χ3v) is 2.83. The molecule has 0 fully saturated rings. The molecule has 3 nitrogen and oxygen atoms in total. The molecule has 1 rings (SSSR count). The average Bonchev–Trinajstić information content (AvgIpc) is 2.28. The second kappa shape index (κ2) is 6.03. The van der Waals surface area contributed by atoms with E-state index in [1.807, 2.05) is 13.8 Å². The van der Waals surface area contributed by atoms with Crippen molar-refractivity contribution in [2.45, 2.75) is 32.9 Å². The zero-order valence-corrected chi connectivity index (χ0v) is 11.0. The number of aliphatic hydroxyl groups excluding tert-OH is 1. The molecule has 2 atom stereocenters. The van der Waals surface area contributed by atoms with Crippen LogP contribution in [0.15, 0.2) is 24.3 Å². The molecule has 0 aliphatic carbocycles. The molecule has 0 aliphatic rings. The van der Waals surface area contributed by atoms with E-state index in [-0.39, 0.29) is 17.9 Å². The molecule has 1 aromatic carbocycles. The fourth-order valence-corrected chi connectivity index (χ4v) is 1.54. The van der Waals surface area contributed by atoms with Crippen LogP contribution in [0.25, 0.3) is 0 Å². The Balaban J connectivity index is 2.66. The van der Waals surface area contributed by atoms with Crippen LogP contribution >= 0.6 is 11.6 Å². The van der Waals surface area contributed by atoms with E-state index >= 15 is 0 Å². The van der Waals surface area contributed by atoms with E-state index in [9.17, 15) is 9.90 Å². The summed E-state index contributed by atoms with van der Waals surface area (Å²) in [7, 11) is 0. The second-order valence-electron chi connectivity index (χ2n) is 4.45. The van der Waals surface area contributed by atoms with Gasteiger partial charge < -0.3 is 10.4 Å². The molecule has 17 heavy (non-hydrogen) atoms. The third-order valence-electron chi connectivity index (χ3n) is 2.58. The minimum absolute atomic E-state index is 0.0643. The third kappa shape index (κ3) is 4.02. The van der Waals surface area contributed by atoms with Crippen molar-refractivity contribution in [3.05, 3.63) is 34.9 Å². The lowest BCUT2D eigenvalue weighted by molar-refractivity contribution is -0.125. The maximum absolute atomic E-state index is 11.5. The monoisotopic (exact) mass is 255 g/mol. The Labute approximate surface area is 107 Å². The first-order valence-corrected chi connectivity index (χ1v) is 6.03. The minimum Gasteiger partial charge on any atom is -0.386 e. The fourth-order valence-electron chi connectivity index (χ4n) is 1.42. The summed E-state index contributed by atoms with van der Waals surface area (Å²) in [5, 5.41) is 13.4. The highest BCUT2D eigenvalue weighted by Crippen LogP contribution is 2.19. The largest absolute Gasteiger partial charge is 0.386 e. The SMILES string of the molecule is CC(C)C(=O)NC(C)C(O)c1ccc(Cl)cc1. The summed E-state index contributed by atoms with van der Waals surface area (Å²) in [5.74, 6) is -0.152. The number of hydrogen-bond acceptors (Lipinski definition) is 2. The van der Waals surface area contributed by atoms with Crippen molar-refractivity contribution in [2.24, 2.45) is 5.92 Å². The van der Waals surface area contributed by atoms with E-state index in [1.54, 1.807) is 31.2 Å². The van der Waals surface area contributed by atoms with Crippen LogP contribution in [-0.2, 0) is 4.79 Å². The van der Waals surface area contributed by atoms with Gasteiger partial charge in [-0.15, -0.1) is 0 Å². The van der Waals surface area contributed by atoms with Gasteiger partial charge in [0.05, 0.1) is 12.1 Å². The predicted octanol–water partition coefficient (Wildman–Crippen LogP) is 2.53. The van der Waals surface area contributed by atoms with E-state index in [2.05, 4.69) is 5.32 Å². The molecule has 1 aromatic rings. The molecular weight excluding hydrogens is 238 g/mol. The summed E-state index contributed by atoms with van der Waals surface area (Å²) >= 11 is 5.77. The molecule has 0 aromatic heterocycles. The van der Waals surface area contributed by atoms with E-state index in [0.29, 0.717) is 5.02 Å². The standard InChI is InChI=1S/C13H18ClNO2/c1-8(2)13(17)15-9(3)12(16)10-4-6-11(14)7-5-10/h4-9,12,16H,1-3H3,(H,15,17). The van der Waals surface area contributed by atoms with Crippen molar-refractivity contribution in [3.63, 3.8) is 0 Å². The molecule has 0 saturated carbocycles. The topological polar surface area (TPSA) is 49.3 Å². The Bertz CT molecular complexity index is 376. The zero-order chi connectivity index (χ0) is 13.0. The van der Waals surface area contributed by atoms with Gasteiger partial charge in [0.1, 0.15) is 0 Å². The number of nitrogens with one attached hydrogen (secondary N) is 1. The highest BCUT2D eigenvalue weighted by molar-refractivity contribution is 6.30. The summed E-state index contributed by atoms with van der Waals surface area (Å²) in [4.78, 5) is 11.5. The molecular formula is C13H18ClNO2. The van der Waals surface area contributed by atoms with Crippen molar-refractivity contribution >= 4 is 17.5 Å². The molecule has 1 amide bonds. The number of aliphatic hydroxyl groups is 1. The average molecular weight is 256 g/mol. The molecule has 0 radical (unpaired) electrons. The van der Waals surface area contributed by atoms with Crippen LogP contribution in [0.5, 0.6) is 0 Å². The van der Waals surface area contributed by atoms with Gasteiger partial charge in [-0.2, -0.15) is 0 Å². The molecule has 94 valence electrons. The number of halogens is 1. The smallest absolute Gasteiger partial charge is 0.222 e. The molecule has 2 N–H and O–H groups in total. The maximum atomic E-state index is 11.5. The summed E-state index contributed by atoms with van der Waals surface area (Å²) in [5.41, 5.74) is 0.742. The maximum Gasteiger partial charge on any atom is 0.222 e. The van der Waals surface area contributed by atoms with Gasteiger partial charge in [0.15, 0.2) is 0 Å². The first-order chi connectivity index (χ1) is 7.91. The number of carbonyl (C=O) groups is 1. The first-order valence-electron chi connectivity index (χ1n) is 5.65. The van der Waals surface area contributed by atoms with Crippen LogP contribution in [0.4, 0.5) is 0 Å². The van der Waals surface area contributed by atoms with Crippen LogP contribution in [0.2, 0.25) is 5.02 Å². The Kier molecular flexibility index (Phi) is 4.97. The Morgan fingerprint density at radius 3 is 2.24 bits per heavy atom. The molecule has 0 heterocycles. The van der Waals surface area contributed by atoms with E-state index in [0.717, 1.165) is 5.56 Å². The van der Waals surface area contributed by atoms with Crippen molar-refractivity contribution in [3.8, 4) is 0 Å². The van der Waals surface area contributed by atoms with Gasteiger partial charge in [0.2, 0.25) is 5.91 Å². The molecule has 2 unspecified atom stereocenters. The number of carbonyl (C=O) groups excluding carboxylic acids is 1. The molecule has 0 bridgehead atoms. The van der Waals surface area contributed by atoms with Crippen LogP contribution in [0.3, 0.4) is 0 Å². The van der Waals surface area contributed by atoms with E-state index in [4.69, 9.17) is 11.6 Å². The van der Waals surface area contributed by atoms with Gasteiger partial charge in [0, 0.05) is 10.9 Å². The van der Waals surface area contributed by atoms with Crippen molar-refractivity contribution < 1.29 is 9.90 Å². The lowest BCUT2D eigenvalue weighted by atomic mass is 10.0. The summed E-state index contributed by atoms with van der Waals surface area (Å²) < 4.78 is 0. The predicted molar refractivity (Wildman–Crippen MR) is 68.9 cm³/mol. The number of amides is 1. The Morgan fingerprint density at radius 2 is 1.76 bits per heavy atom. The van der Waals surface area contributed by atoms with Crippen LogP contribution in [-0.4, -0.2) is 17.1 Å². The van der Waals surface area contributed by atoms with Crippen molar-refractivity contribution in [1.82, 2.24) is 5.32 Å². The summed E-state index contributed by atoms with van der Waals surface area (Å²) in [6.45, 7) is 5.41. The zero-order valence-electron chi connectivity index (χ0n) is 10.3. The quantitative estimate of drug-likeness (QED) is 0.869. The Hall–Kier alpha value is -1.06. The van der Waals surface area contributed by atoms with Gasteiger partial charge in [-0.05, 0) is 24.6 Å². The van der Waals surface area contributed by atoms with Crippen molar-refractivity contribution in [2.75, 3.05) is 0 Å². The summed E-state index contributed by atoms with van der Waals surface area (Å²) in [6, 6.07) is 6.62. The fraction of sp³-hybridized carbons (Fsp3) is 0.462. The second-order valence-corrected chi connectivity index (χ2v) is 4.88. The van der Waals surface area contributed by atoms with Crippen LogP contribution in [0, 0.1) is 5.92 Å².